The van der Waals surface area contributed by atoms with E-state index in [-0.39, 0.29) is 38.5 Å². The molecule has 142 valence electrons. The number of allylic oxidation sites excluding steroid dienone is 6. The SMILES string of the molecule is [2H]C([2H])([2H])C([2H])([2H])CCC[C@H](O)/C=C/C=C\C=C\C=C\[C@@H](O)[C@@H](O)CCCC(=O)O. The Morgan fingerprint density at radius 2 is 1.60 bits per heavy atom. The van der Waals surface area contributed by atoms with Crippen LogP contribution in [0.2, 0.25) is 0 Å². The van der Waals surface area contributed by atoms with Crippen LogP contribution in [0.25, 0.3) is 0 Å². The molecule has 5 heteroatoms. The second-order valence-electron chi connectivity index (χ2n) is 5.52. The zero-order valence-electron chi connectivity index (χ0n) is 19.3. The van der Waals surface area contributed by atoms with E-state index in [0.717, 1.165) is 0 Å². The standard InChI is InChI=1S/C20H32O5/c1-2-3-8-12-17(21)13-9-6-4-5-7-10-14-18(22)19(23)15-11-16-20(24)25/h4-7,9-10,13-14,17-19,21-23H,2-3,8,11-12,15-16H2,1H3,(H,24,25)/b6-4-,7-5+,13-9+,14-10+/t17-,18+,19-/m0/s1/i1D3,2D2. The molecule has 0 bridgehead atoms. The highest BCUT2D eigenvalue weighted by Gasteiger charge is 2.12. The molecule has 0 unspecified atom stereocenters. The maximum atomic E-state index is 10.4. The molecule has 0 spiro atoms. The van der Waals surface area contributed by atoms with Gasteiger partial charge in [-0.15, -0.1) is 0 Å². The van der Waals surface area contributed by atoms with Gasteiger partial charge < -0.3 is 20.4 Å². The minimum absolute atomic E-state index is 0.0577. The summed E-state index contributed by atoms with van der Waals surface area (Å²) in [6.45, 7) is -2.67. The first-order valence-electron chi connectivity index (χ1n) is 10.8. The number of aliphatic carboxylic acids is 1. The summed E-state index contributed by atoms with van der Waals surface area (Å²) in [6, 6.07) is 0. The van der Waals surface area contributed by atoms with E-state index in [9.17, 15) is 20.1 Å². The van der Waals surface area contributed by atoms with Crippen LogP contribution in [0.5, 0.6) is 0 Å². The molecule has 0 saturated heterocycles. The Labute approximate surface area is 157 Å². The van der Waals surface area contributed by atoms with Crippen LogP contribution in [0.3, 0.4) is 0 Å². The number of carboxylic acids is 1. The molecule has 0 aliphatic heterocycles. The molecule has 0 aliphatic carbocycles. The molecule has 0 aromatic heterocycles. The molecule has 0 amide bonds. The van der Waals surface area contributed by atoms with Gasteiger partial charge in [0.25, 0.3) is 0 Å². The lowest BCUT2D eigenvalue weighted by molar-refractivity contribution is -0.137. The van der Waals surface area contributed by atoms with Gasteiger partial charge in [-0.2, -0.15) is 0 Å². The van der Waals surface area contributed by atoms with Gasteiger partial charge in [-0.1, -0.05) is 74.7 Å². The zero-order valence-corrected chi connectivity index (χ0v) is 14.3. The summed E-state index contributed by atoms with van der Waals surface area (Å²) in [5, 5.41) is 37.7. The predicted molar refractivity (Wildman–Crippen MR) is 100 cm³/mol. The second kappa shape index (κ2) is 15.8. The van der Waals surface area contributed by atoms with Crippen LogP contribution in [0.15, 0.2) is 48.6 Å². The van der Waals surface area contributed by atoms with Crippen LogP contribution in [0.1, 0.15) is 58.6 Å². The van der Waals surface area contributed by atoms with Gasteiger partial charge in [0.05, 0.1) is 18.3 Å². The Morgan fingerprint density at radius 3 is 2.24 bits per heavy atom. The first kappa shape index (κ1) is 15.6. The van der Waals surface area contributed by atoms with E-state index in [2.05, 4.69) is 0 Å². The molecule has 3 atom stereocenters. The third-order valence-corrected chi connectivity index (χ3v) is 3.28. The Hall–Kier alpha value is -1.69. The average molecular weight is 358 g/mol. The van der Waals surface area contributed by atoms with Crippen LogP contribution in [-0.2, 0) is 4.79 Å². The summed E-state index contributed by atoms with van der Waals surface area (Å²) < 4.78 is 36.4. The third-order valence-electron chi connectivity index (χ3n) is 3.28. The number of aliphatic hydroxyl groups is 3. The number of carbonyl (C=O) groups is 1. The number of hydrogen-bond donors (Lipinski definition) is 4. The quantitative estimate of drug-likeness (QED) is 0.358. The lowest BCUT2D eigenvalue weighted by Crippen LogP contribution is -2.23. The van der Waals surface area contributed by atoms with E-state index in [0.29, 0.717) is 0 Å². The summed E-state index contributed by atoms with van der Waals surface area (Å²) in [6.07, 6.45) is 8.29. The maximum Gasteiger partial charge on any atom is 0.303 e. The molecule has 25 heavy (non-hydrogen) atoms. The van der Waals surface area contributed by atoms with Crippen molar-refractivity contribution in [3.8, 4) is 0 Å². The van der Waals surface area contributed by atoms with Crippen LogP contribution >= 0.6 is 0 Å². The van der Waals surface area contributed by atoms with Gasteiger partial charge in [-0.05, 0) is 19.3 Å². The van der Waals surface area contributed by atoms with Crippen molar-refractivity contribution in [1.29, 1.82) is 0 Å². The van der Waals surface area contributed by atoms with E-state index in [1.165, 1.54) is 12.2 Å². The summed E-state index contributed by atoms with van der Waals surface area (Å²) in [5.74, 6) is -0.945. The molecular weight excluding hydrogens is 320 g/mol. The minimum atomic E-state index is -2.67. The highest BCUT2D eigenvalue weighted by molar-refractivity contribution is 5.66. The highest BCUT2D eigenvalue weighted by atomic mass is 16.4. The molecule has 0 fully saturated rings. The molecule has 4 N–H and O–H groups in total. The average Bonchev–Trinajstić information content (AvgIpc) is 2.62. The lowest BCUT2D eigenvalue weighted by Gasteiger charge is -2.13. The van der Waals surface area contributed by atoms with Crippen molar-refractivity contribution in [2.45, 2.75) is 70.1 Å². The van der Waals surface area contributed by atoms with Crippen molar-refractivity contribution in [1.82, 2.24) is 0 Å². The molecular formula is C20H32O5. The summed E-state index contributed by atoms with van der Waals surface area (Å²) in [4.78, 5) is 10.4. The Kier molecular flexibility index (Phi) is 9.84. The van der Waals surface area contributed by atoms with Crippen LogP contribution in [-0.4, -0.2) is 44.7 Å². The first-order valence-corrected chi connectivity index (χ1v) is 8.31. The Balaban J connectivity index is 4.14. The number of rotatable bonds is 14. The van der Waals surface area contributed by atoms with Crippen molar-refractivity contribution in [3.63, 3.8) is 0 Å². The van der Waals surface area contributed by atoms with E-state index >= 15 is 0 Å². The fraction of sp³-hybridized carbons (Fsp3) is 0.550. The van der Waals surface area contributed by atoms with E-state index in [1.54, 1.807) is 36.5 Å². The van der Waals surface area contributed by atoms with Gasteiger partial charge in [-0.25, -0.2) is 0 Å². The van der Waals surface area contributed by atoms with Crippen molar-refractivity contribution in [3.05, 3.63) is 48.6 Å². The highest BCUT2D eigenvalue weighted by Crippen LogP contribution is 2.06. The van der Waals surface area contributed by atoms with E-state index < -0.39 is 37.5 Å². The van der Waals surface area contributed by atoms with Gasteiger partial charge in [0, 0.05) is 13.3 Å². The molecule has 0 rings (SSSR count). The molecule has 0 aromatic carbocycles. The van der Waals surface area contributed by atoms with Gasteiger partial charge in [0.2, 0.25) is 0 Å². The largest absolute Gasteiger partial charge is 0.481 e. The van der Waals surface area contributed by atoms with Gasteiger partial charge in [0.1, 0.15) is 0 Å². The van der Waals surface area contributed by atoms with Crippen molar-refractivity contribution < 1.29 is 32.1 Å². The number of carboxylic acid groups (broad SMARTS) is 1. The van der Waals surface area contributed by atoms with Crippen LogP contribution in [0.4, 0.5) is 0 Å². The first-order chi connectivity index (χ1) is 13.9. The predicted octanol–water partition coefficient (Wildman–Crippen LogP) is 3.13. The van der Waals surface area contributed by atoms with Crippen LogP contribution in [0, 0.1) is 0 Å². The van der Waals surface area contributed by atoms with E-state index in [1.807, 2.05) is 0 Å². The fourth-order valence-corrected chi connectivity index (χ4v) is 1.88. The summed E-state index contributed by atoms with van der Waals surface area (Å²) in [5.41, 5.74) is 0. The molecule has 0 radical (unpaired) electrons. The summed E-state index contributed by atoms with van der Waals surface area (Å²) >= 11 is 0. The third kappa shape index (κ3) is 15.6. The Morgan fingerprint density at radius 1 is 0.960 bits per heavy atom. The lowest BCUT2D eigenvalue weighted by atomic mass is 10.1. The monoisotopic (exact) mass is 357 g/mol. The van der Waals surface area contributed by atoms with Crippen molar-refractivity contribution >= 4 is 5.97 Å². The Bertz CT molecular complexity index is 611. The van der Waals surface area contributed by atoms with Crippen LogP contribution < -0.4 is 0 Å². The van der Waals surface area contributed by atoms with E-state index in [4.69, 9.17) is 12.0 Å². The summed E-state index contributed by atoms with van der Waals surface area (Å²) in [7, 11) is 0. The maximum absolute atomic E-state index is 10.4. The van der Waals surface area contributed by atoms with Gasteiger partial charge >= 0.3 is 5.97 Å². The second-order valence-corrected chi connectivity index (χ2v) is 5.52. The molecule has 0 saturated carbocycles. The minimum Gasteiger partial charge on any atom is -0.481 e. The number of hydrogen-bond acceptors (Lipinski definition) is 4. The van der Waals surface area contributed by atoms with Gasteiger partial charge in [0.15, 0.2) is 0 Å². The topological polar surface area (TPSA) is 98.0 Å². The molecule has 5 nitrogen and oxygen atoms in total. The molecule has 0 aliphatic rings. The zero-order chi connectivity index (χ0) is 23.2. The van der Waals surface area contributed by atoms with Crippen molar-refractivity contribution in [2.75, 3.05) is 0 Å². The number of aliphatic hydroxyl groups excluding tert-OH is 3. The van der Waals surface area contributed by atoms with Crippen molar-refractivity contribution in [2.24, 2.45) is 0 Å². The smallest absolute Gasteiger partial charge is 0.303 e. The normalized spacial score (nSPS) is 20.4. The molecule has 0 heterocycles. The van der Waals surface area contributed by atoms with Gasteiger partial charge in [-0.3, -0.25) is 4.79 Å². The fourth-order valence-electron chi connectivity index (χ4n) is 1.88. The molecule has 0 aromatic rings.